The zero-order valence-electron chi connectivity index (χ0n) is 7.72. The van der Waals surface area contributed by atoms with Crippen molar-refractivity contribution in [2.45, 2.75) is 0 Å². The number of aromatic nitrogens is 2. The molecule has 76 valence electrons. The Morgan fingerprint density at radius 2 is 2.07 bits per heavy atom. The molecule has 4 nitrogen and oxygen atoms in total. The van der Waals surface area contributed by atoms with E-state index in [4.69, 9.17) is 5.73 Å². The molecule has 5 heteroatoms. The molecule has 1 heterocycles. The number of carbonyl (C=O) groups is 1. The molecule has 0 aliphatic heterocycles. The third-order valence-corrected chi connectivity index (χ3v) is 1.94. The molecule has 2 N–H and O–H groups in total. The Morgan fingerprint density at radius 1 is 1.33 bits per heavy atom. The van der Waals surface area contributed by atoms with Crippen LogP contribution >= 0.6 is 0 Å². The van der Waals surface area contributed by atoms with Crippen molar-refractivity contribution in [2.24, 2.45) is 5.73 Å². The van der Waals surface area contributed by atoms with E-state index >= 15 is 0 Å². The van der Waals surface area contributed by atoms with Crippen molar-refractivity contribution >= 4 is 5.91 Å². The minimum atomic E-state index is -0.634. The second-order valence-corrected chi connectivity index (χ2v) is 2.96. The molecule has 0 aliphatic carbocycles. The lowest BCUT2D eigenvalue weighted by molar-refractivity contribution is 0.0995. The SMILES string of the molecule is NC(=O)c1ccn(-c2ccccc2F)n1. The van der Waals surface area contributed by atoms with Gasteiger partial charge in [-0.05, 0) is 18.2 Å². The summed E-state index contributed by atoms with van der Waals surface area (Å²) in [6.45, 7) is 0. The van der Waals surface area contributed by atoms with Crippen LogP contribution in [-0.4, -0.2) is 15.7 Å². The first-order valence-corrected chi connectivity index (χ1v) is 4.29. The molecule has 0 atom stereocenters. The van der Waals surface area contributed by atoms with E-state index in [0.717, 1.165) is 0 Å². The average Bonchev–Trinajstić information content (AvgIpc) is 2.67. The van der Waals surface area contributed by atoms with Gasteiger partial charge < -0.3 is 5.73 Å². The number of hydrogen-bond acceptors (Lipinski definition) is 2. The summed E-state index contributed by atoms with van der Waals surface area (Å²) in [5.74, 6) is -1.04. The largest absolute Gasteiger partial charge is 0.364 e. The van der Waals surface area contributed by atoms with Crippen LogP contribution in [0.4, 0.5) is 4.39 Å². The van der Waals surface area contributed by atoms with Gasteiger partial charge in [0.15, 0.2) is 0 Å². The fraction of sp³-hybridized carbons (Fsp3) is 0. The first kappa shape index (κ1) is 9.39. The number of nitrogens with two attached hydrogens (primary N) is 1. The van der Waals surface area contributed by atoms with Crippen LogP contribution in [0.15, 0.2) is 36.5 Å². The summed E-state index contributed by atoms with van der Waals surface area (Å²) in [5, 5.41) is 3.84. The summed E-state index contributed by atoms with van der Waals surface area (Å²) in [7, 11) is 0. The second kappa shape index (κ2) is 3.53. The lowest BCUT2D eigenvalue weighted by atomic mass is 10.3. The molecular weight excluding hydrogens is 197 g/mol. The van der Waals surface area contributed by atoms with E-state index < -0.39 is 11.7 Å². The van der Waals surface area contributed by atoms with Gasteiger partial charge >= 0.3 is 0 Å². The fourth-order valence-electron chi connectivity index (χ4n) is 1.23. The van der Waals surface area contributed by atoms with Crippen molar-refractivity contribution in [1.82, 2.24) is 9.78 Å². The summed E-state index contributed by atoms with van der Waals surface area (Å²) in [6.07, 6.45) is 1.48. The number of carbonyl (C=O) groups excluding carboxylic acids is 1. The Kier molecular flexibility index (Phi) is 2.21. The highest BCUT2D eigenvalue weighted by Crippen LogP contribution is 2.11. The van der Waals surface area contributed by atoms with Gasteiger partial charge in [-0.1, -0.05) is 12.1 Å². The number of benzene rings is 1. The minimum Gasteiger partial charge on any atom is -0.364 e. The molecule has 0 saturated heterocycles. The number of nitrogens with zero attached hydrogens (tertiary/aromatic N) is 2. The first-order chi connectivity index (χ1) is 7.18. The minimum absolute atomic E-state index is 0.109. The van der Waals surface area contributed by atoms with Crippen molar-refractivity contribution < 1.29 is 9.18 Å². The van der Waals surface area contributed by atoms with Crippen LogP contribution in [0, 0.1) is 5.82 Å². The van der Waals surface area contributed by atoms with Gasteiger partial charge in [-0.3, -0.25) is 4.79 Å². The number of hydrogen-bond donors (Lipinski definition) is 1. The maximum absolute atomic E-state index is 13.3. The van der Waals surface area contributed by atoms with Gasteiger partial charge in [0.1, 0.15) is 17.2 Å². The molecule has 15 heavy (non-hydrogen) atoms. The first-order valence-electron chi connectivity index (χ1n) is 4.29. The molecule has 1 aromatic heterocycles. The molecule has 0 aliphatic rings. The van der Waals surface area contributed by atoms with Crippen LogP contribution in [0.5, 0.6) is 0 Å². The average molecular weight is 205 g/mol. The molecule has 1 aromatic carbocycles. The van der Waals surface area contributed by atoms with E-state index in [2.05, 4.69) is 5.10 Å². The van der Waals surface area contributed by atoms with Crippen LogP contribution in [0.1, 0.15) is 10.5 Å². The van der Waals surface area contributed by atoms with Gasteiger partial charge in [0.05, 0.1) is 0 Å². The maximum Gasteiger partial charge on any atom is 0.269 e. The number of rotatable bonds is 2. The summed E-state index contributed by atoms with van der Waals surface area (Å²) < 4.78 is 14.6. The third kappa shape index (κ3) is 1.71. The number of para-hydroxylation sites is 1. The summed E-state index contributed by atoms with van der Waals surface area (Å²) >= 11 is 0. The topological polar surface area (TPSA) is 60.9 Å². The van der Waals surface area contributed by atoms with Gasteiger partial charge in [-0.25, -0.2) is 9.07 Å². The van der Waals surface area contributed by atoms with Crippen LogP contribution in [-0.2, 0) is 0 Å². The smallest absolute Gasteiger partial charge is 0.269 e. The Bertz CT molecular complexity index is 507. The Morgan fingerprint density at radius 3 is 2.67 bits per heavy atom. The van der Waals surface area contributed by atoms with E-state index in [1.807, 2.05) is 0 Å². The predicted octanol–water partition coefficient (Wildman–Crippen LogP) is 1.11. The third-order valence-electron chi connectivity index (χ3n) is 1.94. The van der Waals surface area contributed by atoms with Gasteiger partial charge in [-0.15, -0.1) is 0 Å². The molecule has 1 amide bonds. The summed E-state index contributed by atoms with van der Waals surface area (Å²) in [4.78, 5) is 10.8. The van der Waals surface area contributed by atoms with Crippen molar-refractivity contribution in [1.29, 1.82) is 0 Å². The molecule has 0 saturated carbocycles. The fourth-order valence-corrected chi connectivity index (χ4v) is 1.23. The van der Waals surface area contributed by atoms with Crippen molar-refractivity contribution in [3.63, 3.8) is 0 Å². The van der Waals surface area contributed by atoms with E-state index in [1.54, 1.807) is 18.2 Å². The van der Waals surface area contributed by atoms with Gasteiger partial charge in [0.2, 0.25) is 0 Å². The standard InChI is InChI=1S/C10H8FN3O/c11-7-3-1-2-4-9(7)14-6-5-8(13-14)10(12)15/h1-6H,(H2,12,15). The molecule has 0 bridgehead atoms. The van der Waals surface area contributed by atoms with Crippen molar-refractivity contribution in [3.05, 3.63) is 48.0 Å². The summed E-state index contributed by atoms with van der Waals surface area (Å²) in [5.41, 5.74) is 5.43. The maximum atomic E-state index is 13.3. The molecule has 0 spiro atoms. The lowest BCUT2D eigenvalue weighted by Gasteiger charge is -2.01. The second-order valence-electron chi connectivity index (χ2n) is 2.96. The lowest BCUT2D eigenvalue weighted by Crippen LogP contribution is -2.12. The Hall–Kier alpha value is -2.17. The van der Waals surface area contributed by atoms with E-state index in [1.165, 1.54) is 23.0 Å². The predicted molar refractivity (Wildman–Crippen MR) is 52.0 cm³/mol. The normalized spacial score (nSPS) is 10.2. The molecule has 0 fully saturated rings. The van der Waals surface area contributed by atoms with Gasteiger partial charge in [0, 0.05) is 6.20 Å². The van der Waals surface area contributed by atoms with Crippen LogP contribution in [0.25, 0.3) is 5.69 Å². The van der Waals surface area contributed by atoms with E-state index in [0.29, 0.717) is 0 Å². The van der Waals surface area contributed by atoms with E-state index in [9.17, 15) is 9.18 Å². The highest BCUT2D eigenvalue weighted by atomic mass is 19.1. The van der Waals surface area contributed by atoms with Crippen molar-refractivity contribution in [2.75, 3.05) is 0 Å². The van der Waals surface area contributed by atoms with Crippen LogP contribution in [0.2, 0.25) is 0 Å². The number of amides is 1. The quantitative estimate of drug-likeness (QED) is 0.798. The number of halogens is 1. The number of primary amides is 1. The highest BCUT2D eigenvalue weighted by Gasteiger charge is 2.08. The zero-order valence-corrected chi connectivity index (χ0v) is 7.72. The summed E-state index contributed by atoms with van der Waals surface area (Å²) in [6, 6.07) is 7.59. The molecular formula is C10H8FN3O. The van der Waals surface area contributed by atoms with E-state index in [-0.39, 0.29) is 11.4 Å². The highest BCUT2D eigenvalue weighted by molar-refractivity contribution is 5.90. The van der Waals surface area contributed by atoms with Gasteiger partial charge in [-0.2, -0.15) is 5.10 Å². The zero-order chi connectivity index (χ0) is 10.8. The molecule has 0 unspecified atom stereocenters. The van der Waals surface area contributed by atoms with Crippen LogP contribution < -0.4 is 5.73 Å². The molecule has 0 radical (unpaired) electrons. The van der Waals surface area contributed by atoms with Crippen LogP contribution in [0.3, 0.4) is 0 Å². The van der Waals surface area contributed by atoms with Crippen molar-refractivity contribution in [3.8, 4) is 5.69 Å². The Labute approximate surface area is 85.1 Å². The molecule has 2 aromatic rings. The molecule has 2 rings (SSSR count). The monoisotopic (exact) mass is 205 g/mol. The van der Waals surface area contributed by atoms with Gasteiger partial charge in [0.25, 0.3) is 5.91 Å². The Balaban J connectivity index is 2.46.